The summed E-state index contributed by atoms with van der Waals surface area (Å²) in [7, 11) is 1.88. The van der Waals surface area contributed by atoms with E-state index in [-0.39, 0.29) is 5.91 Å². The summed E-state index contributed by atoms with van der Waals surface area (Å²) in [6.07, 6.45) is 7.18. The SMILES string of the molecule is Cn1ccc(CNC(=O)CCC2CCCCN2)n1. The molecule has 5 heteroatoms. The summed E-state index contributed by atoms with van der Waals surface area (Å²) in [4.78, 5) is 11.7. The molecule has 1 aliphatic rings. The van der Waals surface area contributed by atoms with Crippen molar-refractivity contribution in [3.8, 4) is 0 Å². The van der Waals surface area contributed by atoms with Gasteiger partial charge < -0.3 is 10.6 Å². The third-order valence-corrected chi connectivity index (χ3v) is 3.37. The maximum atomic E-state index is 11.7. The molecule has 1 amide bonds. The number of hydrogen-bond acceptors (Lipinski definition) is 3. The van der Waals surface area contributed by atoms with Crippen LogP contribution in [0.25, 0.3) is 0 Å². The Kier molecular flexibility index (Phi) is 4.75. The Balaban J connectivity index is 1.62. The van der Waals surface area contributed by atoms with Crippen LogP contribution >= 0.6 is 0 Å². The maximum absolute atomic E-state index is 11.7. The summed E-state index contributed by atoms with van der Waals surface area (Å²) < 4.78 is 1.74. The van der Waals surface area contributed by atoms with Gasteiger partial charge in [0.15, 0.2) is 0 Å². The second-order valence-electron chi connectivity index (χ2n) is 4.94. The van der Waals surface area contributed by atoms with Gasteiger partial charge >= 0.3 is 0 Å². The summed E-state index contributed by atoms with van der Waals surface area (Å²) in [5.74, 6) is 0.119. The monoisotopic (exact) mass is 250 g/mol. The number of carbonyl (C=O) groups is 1. The molecule has 100 valence electrons. The smallest absolute Gasteiger partial charge is 0.220 e. The fourth-order valence-corrected chi connectivity index (χ4v) is 2.31. The molecule has 0 spiro atoms. The van der Waals surface area contributed by atoms with Gasteiger partial charge in [-0.1, -0.05) is 6.42 Å². The minimum Gasteiger partial charge on any atom is -0.350 e. The van der Waals surface area contributed by atoms with Crippen LogP contribution in [0.3, 0.4) is 0 Å². The molecular weight excluding hydrogens is 228 g/mol. The van der Waals surface area contributed by atoms with Gasteiger partial charge in [-0.25, -0.2) is 0 Å². The number of aryl methyl sites for hydroxylation is 1. The first-order valence-corrected chi connectivity index (χ1v) is 6.72. The molecule has 1 atom stereocenters. The Morgan fingerprint density at radius 1 is 1.61 bits per heavy atom. The van der Waals surface area contributed by atoms with E-state index in [2.05, 4.69) is 15.7 Å². The van der Waals surface area contributed by atoms with Crippen LogP contribution < -0.4 is 10.6 Å². The van der Waals surface area contributed by atoms with E-state index in [0.717, 1.165) is 18.7 Å². The van der Waals surface area contributed by atoms with E-state index >= 15 is 0 Å². The number of nitrogens with one attached hydrogen (secondary N) is 2. The topological polar surface area (TPSA) is 59.0 Å². The lowest BCUT2D eigenvalue weighted by Gasteiger charge is -2.22. The molecule has 0 aliphatic carbocycles. The minimum absolute atomic E-state index is 0.119. The number of hydrogen-bond donors (Lipinski definition) is 2. The highest BCUT2D eigenvalue weighted by molar-refractivity contribution is 5.75. The average molecular weight is 250 g/mol. The average Bonchev–Trinajstić information content (AvgIpc) is 2.81. The Morgan fingerprint density at radius 2 is 2.50 bits per heavy atom. The van der Waals surface area contributed by atoms with Crippen LogP contribution in [0.5, 0.6) is 0 Å². The molecule has 1 aromatic rings. The van der Waals surface area contributed by atoms with Crippen molar-refractivity contribution >= 4 is 5.91 Å². The normalized spacial score (nSPS) is 19.7. The lowest BCUT2D eigenvalue weighted by molar-refractivity contribution is -0.121. The lowest BCUT2D eigenvalue weighted by Crippen LogP contribution is -2.35. The highest BCUT2D eigenvalue weighted by atomic mass is 16.1. The third-order valence-electron chi connectivity index (χ3n) is 3.37. The molecule has 1 saturated heterocycles. The fourth-order valence-electron chi connectivity index (χ4n) is 2.31. The number of amides is 1. The van der Waals surface area contributed by atoms with Crippen LogP contribution in [0.15, 0.2) is 12.3 Å². The van der Waals surface area contributed by atoms with Crippen LogP contribution in [0.1, 0.15) is 37.8 Å². The van der Waals surface area contributed by atoms with Crippen LogP contribution in [-0.4, -0.2) is 28.3 Å². The van der Waals surface area contributed by atoms with Gasteiger partial charge in [-0.15, -0.1) is 0 Å². The van der Waals surface area contributed by atoms with Crippen molar-refractivity contribution < 1.29 is 4.79 Å². The highest BCUT2D eigenvalue weighted by Gasteiger charge is 2.13. The molecule has 1 aliphatic heterocycles. The number of piperidine rings is 1. The minimum atomic E-state index is 0.119. The van der Waals surface area contributed by atoms with Gasteiger partial charge in [0.1, 0.15) is 0 Å². The predicted molar refractivity (Wildman–Crippen MR) is 69.9 cm³/mol. The van der Waals surface area contributed by atoms with Crippen molar-refractivity contribution in [2.45, 2.75) is 44.7 Å². The van der Waals surface area contributed by atoms with Gasteiger partial charge in [0, 0.05) is 25.7 Å². The van der Waals surface area contributed by atoms with Crippen molar-refractivity contribution in [1.29, 1.82) is 0 Å². The molecule has 1 fully saturated rings. The second-order valence-corrected chi connectivity index (χ2v) is 4.94. The molecule has 18 heavy (non-hydrogen) atoms. The Bertz CT molecular complexity index is 382. The summed E-state index contributed by atoms with van der Waals surface area (Å²) in [6, 6.07) is 2.45. The first kappa shape index (κ1) is 13.1. The molecule has 0 saturated carbocycles. The van der Waals surface area contributed by atoms with Crippen LogP contribution in [0.4, 0.5) is 0 Å². The highest BCUT2D eigenvalue weighted by Crippen LogP contribution is 2.11. The van der Waals surface area contributed by atoms with Crippen molar-refractivity contribution in [2.24, 2.45) is 7.05 Å². The molecule has 2 N–H and O–H groups in total. The number of aromatic nitrogens is 2. The van der Waals surface area contributed by atoms with Crippen LogP contribution in [-0.2, 0) is 18.4 Å². The van der Waals surface area contributed by atoms with Crippen molar-refractivity contribution in [2.75, 3.05) is 6.54 Å². The number of rotatable bonds is 5. The standard InChI is InChI=1S/C13H22N4O/c1-17-9-7-12(16-17)10-15-13(18)6-5-11-4-2-3-8-14-11/h7,9,11,14H,2-6,8,10H2,1H3,(H,15,18). The summed E-state index contributed by atoms with van der Waals surface area (Å²) in [5, 5.41) is 10.6. The maximum Gasteiger partial charge on any atom is 0.220 e. The van der Waals surface area contributed by atoms with Gasteiger partial charge in [-0.2, -0.15) is 5.10 Å². The Morgan fingerprint density at radius 3 is 3.17 bits per heavy atom. The van der Waals surface area contributed by atoms with Crippen molar-refractivity contribution in [3.05, 3.63) is 18.0 Å². The predicted octanol–water partition coefficient (Wildman–Crippen LogP) is 0.959. The summed E-state index contributed by atoms with van der Waals surface area (Å²) in [5.41, 5.74) is 0.904. The number of nitrogens with zero attached hydrogens (tertiary/aromatic N) is 2. The molecule has 0 bridgehead atoms. The molecular formula is C13H22N4O. The van der Waals surface area contributed by atoms with Gasteiger partial charge in [-0.3, -0.25) is 9.48 Å². The zero-order valence-corrected chi connectivity index (χ0v) is 11.0. The van der Waals surface area contributed by atoms with E-state index in [1.807, 2.05) is 19.3 Å². The molecule has 2 rings (SSSR count). The molecule has 5 nitrogen and oxygen atoms in total. The van der Waals surface area contributed by atoms with Gasteiger partial charge in [0.25, 0.3) is 0 Å². The van der Waals surface area contributed by atoms with Gasteiger partial charge in [-0.05, 0) is 31.9 Å². The van der Waals surface area contributed by atoms with E-state index in [0.29, 0.717) is 19.0 Å². The Hall–Kier alpha value is -1.36. The molecule has 1 unspecified atom stereocenters. The third kappa shape index (κ3) is 4.14. The van der Waals surface area contributed by atoms with Crippen LogP contribution in [0, 0.1) is 0 Å². The van der Waals surface area contributed by atoms with E-state index in [1.165, 1.54) is 19.3 Å². The molecule has 0 radical (unpaired) electrons. The zero-order chi connectivity index (χ0) is 12.8. The largest absolute Gasteiger partial charge is 0.350 e. The zero-order valence-electron chi connectivity index (χ0n) is 11.0. The van der Waals surface area contributed by atoms with Crippen molar-refractivity contribution in [3.63, 3.8) is 0 Å². The number of carbonyl (C=O) groups excluding carboxylic acids is 1. The summed E-state index contributed by atoms with van der Waals surface area (Å²) in [6.45, 7) is 1.62. The second kappa shape index (κ2) is 6.54. The van der Waals surface area contributed by atoms with E-state index in [4.69, 9.17) is 0 Å². The lowest BCUT2D eigenvalue weighted by atomic mass is 10.0. The first-order valence-electron chi connectivity index (χ1n) is 6.72. The first-order chi connectivity index (χ1) is 8.74. The molecule has 2 heterocycles. The van der Waals surface area contributed by atoms with Crippen LogP contribution in [0.2, 0.25) is 0 Å². The Labute approximate surface area is 108 Å². The molecule has 0 aromatic carbocycles. The van der Waals surface area contributed by atoms with E-state index in [1.54, 1.807) is 4.68 Å². The van der Waals surface area contributed by atoms with Gasteiger partial charge in [0.05, 0.1) is 12.2 Å². The fraction of sp³-hybridized carbons (Fsp3) is 0.692. The van der Waals surface area contributed by atoms with Crippen molar-refractivity contribution in [1.82, 2.24) is 20.4 Å². The summed E-state index contributed by atoms with van der Waals surface area (Å²) >= 11 is 0. The van der Waals surface area contributed by atoms with Gasteiger partial charge in [0.2, 0.25) is 5.91 Å². The van der Waals surface area contributed by atoms with E-state index in [9.17, 15) is 4.79 Å². The van der Waals surface area contributed by atoms with E-state index < -0.39 is 0 Å². The molecule has 1 aromatic heterocycles. The quantitative estimate of drug-likeness (QED) is 0.818.